The largest absolute Gasteiger partial charge is 0.493 e. The zero-order valence-electron chi connectivity index (χ0n) is 22.5. The molecule has 0 fully saturated rings. The summed E-state index contributed by atoms with van der Waals surface area (Å²) >= 11 is 0. The van der Waals surface area contributed by atoms with Gasteiger partial charge in [0.25, 0.3) is 5.56 Å². The van der Waals surface area contributed by atoms with Crippen LogP contribution in [0.3, 0.4) is 0 Å². The summed E-state index contributed by atoms with van der Waals surface area (Å²) in [7, 11) is -1.52. The van der Waals surface area contributed by atoms with Crippen LogP contribution < -0.4 is 25.1 Å². The molecule has 2 heterocycles. The van der Waals surface area contributed by atoms with Crippen molar-refractivity contribution in [1.29, 1.82) is 0 Å². The van der Waals surface area contributed by atoms with E-state index in [0.717, 1.165) is 16.9 Å². The van der Waals surface area contributed by atoms with E-state index in [4.69, 9.17) is 9.47 Å². The van der Waals surface area contributed by atoms with Gasteiger partial charge < -0.3 is 24.9 Å². The second-order valence-electron chi connectivity index (χ2n) is 9.02. The van der Waals surface area contributed by atoms with E-state index >= 15 is 0 Å². The zero-order valence-corrected chi connectivity index (χ0v) is 23.4. The normalized spacial score (nSPS) is 12.4. The van der Waals surface area contributed by atoms with E-state index in [2.05, 4.69) is 25.0 Å². The number of anilines is 1. The molecule has 2 aromatic carbocycles. The second kappa shape index (κ2) is 12.6. The highest BCUT2D eigenvalue weighted by atomic mass is 32.2. The van der Waals surface area contributed by atoms with Gasteiger partial charge in [0, 0.05) is 25.2 Å². The molecule has 0 saturated heterocycles. The van der Waals surface area contributed by atoms with Crippen LogP contribution in [-0.2, 0) is 21.2 Å². The lowest BCUT2D eigenvalue weighted by atomic mass is 10.1. The number of carboxylic acids is 1. The predicted molar refractivity (Wildman–Crippen MR) is 154 cm³/mol. The van der Waals surface area contributed by atoms with Crippen LogP contribution >= 0.6 is 0 Å². The van der Waals surface area contributed by atoms with Gasteiger partial charge >= 0.3 is 5.97 Å². The summed E-state index contributed by atoms with van der Waals surface area (Å²) in [6.07, 6.45) is 5.07. The Labute approximate surface area is 236 Å². The van der Waals surface area contributed by atoms with E-state index in [1.54, 1.807) is 24.4 Å². The second-order valence-corrected chi connectivity index (χ2v) is 10.7. The lowest BCUT2D eigenvalue weighted by molar-refractivity contribution is -0.139. The molecule has 12 nitrogen and oxygen atoms in total. The Morgan fingerprint density at radius 2 is 1.88 bits per heavy atom. The van der Waals surface area contributed by atoms with Crippen LogP contribution in [0, 0.1) is 6.92 Å². The number of benzene rings is 2. The molecule has 0 aliphatic rings. The fourth-order valence-electron chi connectivity index (χ4n) is 4.01. The molecular weight excluding hydrogens is 550 g/mol. The van der Waals surface area contributed by atoms with Crippen LogP contribution in [0.5, 0.6) is 11.5 Å². The van der Waals surface area contributed by atoms with Crippen LogP contribution in [0.1, 0.15) is 17.0 Å². The summed E-state index contributed by atoms with van der Waals surface area (Å²) in [5.41, 5.74) is 1.73. The number of H-pyrrole nitrogens is 1. The van der Waals surface area contributed by atoms with Crippen LogP contribution in [0.25, 0.3) is 17.0 Å². The van der Waals surface area contributed by atoms with Gasteiger partial charge in [-0.2, -0.15) is 4.72 Å². The Kier molecular flexibility index (Phi) is 9.00. The molecule has 2 aromatic heterocycles. The fraction of sp³-hybridized carbons (Fsp3) is 0.214. The summed E-state index contributed by atoms with van der Waals surface area (Å²) in [6, 6.07) is 11.2. The summed E-state index contributed by atoms with van der Waals surface area (Å²) in [5.74, 6) is -0.188. The van der Waals surface area contributed by atoms with Gasteiger partial charge in [-0.05, 0) is 54.4 Å². The van der Waals surface area contributed by atoms with Gasteiger partial charge in [0.15, 0.2) is 11.5 Å². The minimum absolute atomic E-state index is 0.0167. The highest BCUT2D eigenvalue weighted by Crippen LogP contribution is 2.29. The number of ether oxygens (including phenoxy) is 2. The predicted octanol–water partition coefficient (Wildman–Crippen LogP) is 2.74. The molecule has 0 unspecified atom stereocenters. The van der Waals surface area contributed by atoms with Gasteiger partial charge in [-0.3, -0.25) is 9.59 Å². The minimum atomic E-state index is -4.27. The van der Waals surface area contributed by atoms with Crippen molar-refractivity contribution in [2.24, 2.45) is 0 Å². The van der Waals surface area contributed by atoms with Crippen molar-refractivity contribution in [3.63, 3.8) is 0 Å². The molecular formula is C28H29N5O7S. The zero-order chi connectivity index (χ0) is 29.6. The SMILES string of the molecule is COc1ccc(S(=O)(=O)N[C@@H](Cc2nc3ccc(C=CCNc4cc(C)ccn4)cc3c(=O)[nH]2)C(=O)O)cc1OC. The van der Waals surface area contributed by atoms with E-state index in [1.807, 2.05) is 31.2 Å². The number of aliphatic carboxylic acids is 1. The number of aryl methyl sites for hydroxylation is 1. The highest BCUT2D eigenvalue weighted by molar-refractivity contribution is 7.89. The number of nitrogens with one attached hydrogen (secondary N) is 3. The average Bonchev–Trinajstić information content (AvgIpc) is 2.94. The Balaban J connectivity index is 1.49. The highest BCUT2D eigenvalue weighted by Gasteiger charge is 2.27. The third kappa shape index (κ3) is 7.26. The molecule has 0 aliphatic heterocycles. The van der Waals surface area contributed by atoms with Crippen molar-refractivity contribution < 1.29 is 27.8 Å². The molecule has 4 rings (SSSR count). The maximum absolute atomic E-state index is 12.9. The Morgan fingerprint density at radius 3 is 2.59 bits per heavy atom. The number of pyridine rings is 1. The number of sulfonamides is 1. The average molecular weight is 580 g/mol. The van der Waals surface area contributed by atoms with Gasteiger partial charge in [0.2, 0.25) is 10.0 Å². The molecule has 41 heavy (non-hydrogen) atoms. The maximum atomic E-state index is 12.9. The summed E-state index contributed by atoms with van der Waals surface area (Å²) < 4.78 is 38.3. The number of methoxy groups -OCH3 is 2. The van der Waals surface area contributed by atoms with Crippen LogP contribution in [0.15, 0.2) is 70.5 Å². The molecule has 1 atom stereocenters. The van der Waals surface area contributed by atoms with Gasteiger partial charge in [-0.25, -0.2) is 18.4 Å². The number of aromatic amines is 1. The van der Waals surface area contributed by atoms with E-state index in [9.17, 15) is 23.1 Å². The van der Waals surface area contributed by atoms with Gasteiger partial charge in [0.05, 0.1) is 30.0 Å². The van der Waals surface area contributed by atoms with Crippen molar-refractivity contribution >= 4 is 38.8 Å². The van der Waals surface area contributed by atoms with Crippen molar-refractivity contribution in [3.05, 3.63) is 88.1 Å². The lowest BCUT2D eigenvalue weighted by Crippen LogP contribution is -2.42. The number of rotatable bonds is 12. The Bertz CT molecular complexity index is 1770. The molecule has 4 aromatic rings. The number of hydrogen-bond donors (Lipinski definition) is 4. The van der Waals surface area contributed by atoms with Crippen LogP contribution in [-0.4, -0.2) is 61.3 Å². The molecule has 0 radical (unpaired) electrons. The Hall–Kier alpha value is -4.75. The van der Waals surface area contributed by atoms with Crippen molar-refractivity contribution in [3.8, 4) is 11.5 Å². The third-order valence-electron chi connectivity index (χ3n) is 6.06. The van der Waals surface area contributed by atoms with Crippen molar-refractivity contribution in [2.75, 3.05) is 26.1 Å². The number of fused-ring (bicyclic) bond motifs is 1. The lowest BCUT2D eigenvalue weighted by Gasteiger charge is -2.16. The van der Waals surface area contributed by atoms with Crippen LogP contribution in [0.2, 0.25) is 0 Å². The topological polar surface area (TPSA) is 173 Å². The fourth-order valence-corrected chi connectivity index (χ4v) is 5.21. The number of carboxylic acid groups (broad SMARTS) is 1. The van der Waals surface area contributed by atoms with E-state index < -0.39 is 34.0 Å². The minimum Gasteiger partial charge on any atom is -0.493 e. The Morgan fingerprint density at radius 1 is 1.10 bits per heavy atom. The van der Waals surface area contributed by atoms with Crippen molar-refractivity contribution in [2.45, 2.75) is 24.3 Å². The van der Waals surface area contributed by atoms with E-state index in [-0.39, 0.29) is 16.5 Å². The molecule has 13 heteroatoms. The molecule has 0 bridgehead atoms. The quantitative estimate of drug-likeness (QED) is 0.195. The van der Waals surface area contributed by atoms with Gasteiger partial charge in [-0.15, -0.1) is 0 Å². The first-order chi connectivity index (χ1) is 19.6. The summed E-state index contributed by atoms with van der Waals surface area (Å²) in [5, 5.41) is 13.2. The van der Waals surface area contributed by atoms with Crippen molar-refractivity contribution in [1.82, 2.24) is 19.7 Å². The standard InChI is InChI=1S/C28H29N5O7S/c1-17-10-12-30-25(13-17)29-11-4-5-18-6-8-21-20(14-18)27(34)32-26(31-21)16-22(28(35)36)33-41(37,38)19-7-9-23(39-2)24(15-19)40-3/h4-10,12-15,22,33H,11,16H2,1-3H3,(H,29,30)(H,35,36)(H,31,32,34)/t22-/m0/s1. The third-order valence-corrected chi connectivity index (χ3v) is 7.53. The van der Waals surface area contributed by atoms with Gasteiger partial charge in [-0.1, -0.05) is 18.2 Å². The van der Waals surface area contributed by atoms with Gasteiger partial charge in [0.1, 0.15) is 17.7 Å². The number of nitrogens with zero attached hydrogens (tertiary/aromatic N) is 2. The number of hydrogen-bond acceptors (Lipinski definition) is 9. The smallest absolute Gasteiger partial charge is 0.322 e. The molecule has 0 saturated carbocycles. The summed E-state index contributed by atoms with van der Waals surface area (Å²) in [6.45, 7) is 2.51. The maximum Gasteiger partial charge on any atom is 0.322 e. The molecule has 0 spiro atoms. The number of aromatic nitrogens is 3. The molecule has 0 amide bonds. The van der Waals surface area contributed by atoms with E-state index in [1.165, 1.54) is 32.4 Å². The molecule has 4 N–H and O–H groups in total. The molecule has 0 aliphatic carbocycles. The summed E-state index contributed by atoms with van der Waals surface area (Å²) in [4.78, 5) is 35.7. The molecule has 214 valence electrons. The monoisotopic (exact) mass is 579 g/mol. The first kappa shape index (κ1) is 29.2. The first-order valence-corrected chi connectivity index (χ1v) is 13.9. The van der Waals surface area contributed by atoms with Crippen LogP contribution in [0.4, 0.5) is 5.82 Å². The first-order valence-electron chi connectivity index (χ1n) is 12.4. The number of carbonyl (C=O) groups is 1. The van der Waals surface area contributed by atoms with E-state index in [0.29, 0.717) is 23.2 Å².